The van der Waals surface area contributed by atoms with E-state index < -0.39 is 59.9 Å². The monoisotopic (exact) mass is 483 g/mol. The number of aliphatic carboxylic acids is 1. The van der Waals surface area contributed by atoms with Crippen LogP contribution in [0.25, 0.3) is 0 Å². The number of imidazole rings is 1. The van der Waals surface area contributed by atoms with Crippen molar-refractivity contribution < 1.29 is 34.2 Å². The van der Waals surface area contributed by atoms with Gasteiger partial charge in [0.15, 0.2) is 0 Å². The zero-order valence-electron chi connectivity index (χ0n) is 19.3. The molecular formula is C20H33N7O7. The van der Waals surface area contributed by atoms with Gasteiger partial charge in [-0.3, -0.25) is 19.2 Å². The summed E-state index contributed by atoms with van der Waals surface area (Å²) in [4.78, 5) is 67.1. The number of aliphatic hydroxyl groups is 1. The maximum atomic E-state index is 12.9. The van der Waals surface area contributed by atoms with Crippen molar-refractivity contribution in [3.05, 3.63) is 18.2 Å². The Balaban J connectivity index is 3.04. The van der Waals surface area contributed by atoms with Crippen molar-refractivity contribution in [3.63, 3.8) is 0 Å². The summed E-state index contributed by atoms with van der Waals surface area (Å²) >= 11 is 0. The number of hydrogen-bond acceptors (Lipinski definition) is 8. The molecule has 0 saturated heterocycles. The molecule has 1 aromatic rings. The summed E-state index contributed by atoms with van der Waals surface area (Å²) in [6, 6.07) is -5.10. The second kappa shape index (κ2) is 13.3. The second-order valence-corrected chi connectivity index (χ2v) is 8.24. The highest BCUT2D eigenvalue weighted by Gasteiger charge is 2.33. The van der Waals surface area contributed by atoms with Gasteiger partial charge in [0.25, 0.3) is 0 Å². The van der Waals surface area contributed by atoms with E-state index in [1.165, 1.54) is 19.4 Å². The third kappa shape index (κ3) is 9.15. The SMILES string of the molecule is CC(C)C(N)C(=O)NC(C(=O)NC(Cc1cnc[nH]1)C(=O)NC(CCC(N)=O)C(=O)O)C(C)O. The van der Waals surface area contributed by atoms with E-state index in [2.05, 4.69) is 25.9 Å². The number of H-pyrrole nitrogens is 1. The highest BCUT2D eigenvalue weighted by atomic mass is 16.4. The van der Waals surface area contributed by atoms with Crippen LogP contribution in [-0.4, -0.2) is 80.1 Å². The smallest absolute Gasteiger partial charge is 0.326 e. The molecule has 0 fully saturated rings. The molecule has 0 saturated carbocycles. The van der Waals surface area contributed by atoms with Gasteiger partial charge in [0, 0.05) is 24.7 Å². The number of carbonyl (C=O) groups excluding carboxylic acids is 4. The highest BCUT2D eigenvalue weighted by molar-refractivity contribution is 5.94. The van der Waals surface area contributed by atoms with Crippen LogP contribution in [0.2, 0.25) is 0 Å². The number of carboxylic acids is 1. The van der Waals surface area contributed by atoms with Crippen molar-refractivity contribution in [2.75, 3.05) is 0 Å². The molecule has 1 heterocycles. The van der Waals surface area contributed by atoms with Gasteiger partial charge in [0.2, 0.25) is 23.6 Å². The van der Waals surface area contributed by atoms with Gasteiger partial charge in [0.05, 0.1) is 18.5 Å². The Morgan fingerprint density at radius 2 is 1.65 bits per heavy atom. The number of carboxylic acid groups (broad SMARTS) is 1. The van der Waals surface area contributed by atoms with E-state index in [9.17, 15) is 34.2 Å². The lowest BCUT2D eigenvalue weighted by Gasteiger charge is -2.26. The van der Waals surface area contributed by atoms with Crippen molar-refractivity contribution in [1.82, 2.24) is 25.9 Å². The number of hydrogen-bond donors (Lipinski definition) is 8. The van der Waals surface area contributed by atoms with Gasteiger partial charge in [0.1, 0.15) is 18.1 Å². The topological polar surface area (TPSA) is 243 Å². The number of aliphatic hydroxyl groups excluding tert-OH is 1. The van der Waals surface area contributed by atoms with E-state index >= 15 is 0 Å². The lowest BCUT2D eigenvalue weighted by atomic mass is 10.0. The maximum Gasteiger partial charge on any atom is 0.326 e. The molecule has 0 aliphatic carbocycles. The Morgan fingerprint density at radius 1 is 1.03 bits per heavy atom. The van der Waals surface area contributed by atoms with Gasteiger partial charge in [-0.05, 0) is 19.3 Å². The number of rotatable bonds is 14. The van der Waals surface area contributed by atoms with Crippen LogP contribution in [0.15, 0.2) is 12.5 Å². The van der Waals surface area contributed by atoms with Crippen molar-refractivity contribution >= 4 is 29.6 Å². The molecule has 14 nitrogen and oxygen atoms in total. The molecule has 190 valence electrons. The van der Waals surface area contributed by atoms with E-state index in [-0.39, 0.29) is 25.2 Å². The number of nitrogens with zero attached hydrogens (tertiary/aromatic N) is 1. The molecule has 34 heavy (non-hydrogen) atoms. The fraction of sp³-hybridized carbons (Fsp3) is 0.600. The highest BCUT2D eigenvalue weighted by Crippen LogP contribution is 2.05. The first kappa shape index (κ1) is 28.5. The molecule has 5 atom stereocenters. The third-order valence-electron chi connectivity index (χ3n) is 4.99. The molecule has 0 radical (unpaired) electrons. The average Bonchev–Trinajstić information content (AvgIpc) is 3.25. The summed E-state index contributed by atoms with van der Waals surface area (Å²) in [5.74, 6) is -4.78. The molecule has 0 bridgehead atoms. The molecule has 1 aromatic heterocycles. The zero-order chi connectivity index (χ0) is 26.0. The summed E-state index contributed by atoms with van der Waals surface area (Å²) in [5, 5.41) is 26.5. The number of amides is 4. The van der Waals surface area contributed by atoms with Gasteiger partial charge in [-0.25, -0.2) is 9.78 Å². The standard InChI is InChI=1S/C20H33N7O7/c1-9(2)15(22)18(31)27-16(10(3)28)19(32)26-13(6-11-7-23-8-24-11)17(30)25-12(20(33)34)4-5-14(21)29/h7-10,12-13,15-16,28H,4-6,22H2,1-3H3,(H2,21,29)(H,23,24)(H,25,30)(H,26,32)(H,27,31)(H,33,34). The molecular weight excluding hydrogens is 450 g/mol. The first-order valence-corrected chi connectivity index (χ1v) is 10.7. The molecule has 0 aliphatic heterocycles. The number of aromatic amines is 1. The van der Waals surface area contributed by atoms with Crippen LogP contribution < -0.4 is 27.4 Å². The van der Waals surface area contributed by atoms with Crippen LogP contribution in [0.3, 0.4) is 0 Å². The van der Waals surface area contributed by atoms with Gasteiger partial charge < -0.3 is 42.6 Å². The number of primary amides is 1. The molecule has 1 rings (SSSR count). The van der Waals surface area contributed by atoms with E-state index in [0.29, 0.717) is 5.69 Å². The van der Waals surface area contributed by atoms with Crippen molar-refractivity contribution in [2.24, 2.45) is 17.4 Å². The number of carbonyl (C=O) groups is 5. The Labute approximate surface area is 196 Å². The normalized spacial score (nSPS) is 15.5. The van der Waals surface area contributed by atoms with Crippen LogP contribution in [0.1, 0.15) is 39.3 Å². The molecule has 0 spiro atoms. The molecule has 0 aliphatic rings. The van der Waals surface area contributed by atoms with E-state index in [1.54, 1.807) is 13.8 Å². The fourth-order valence-electron chi connectivity index (χ4n) is 2.86. The summed E-state index contributed by atoms with van der Waals surface area (Å²) in [5.41, 5.74) is 11.3. The predicted octanol–water partition coefficient (Wildman–Crippen LogP) is -2.88. The minimum Gasteiger partial charge on any atom is -0.480 e. The van der Waals surface area contributed by atoms with Crippen molar-refractivity contribution in [2.45, 2.75) is 70.3 Å². The van der Waals surface area contributed by atoms with Gasteiger partial charge >= 0.3 is 5.97 Å². The molecule has 4 amide bonds. The summed E-state index contributed by atoms with van der Waals surface area (Å²) in [7, 11) is 0. The first-order chi connectivity index (χ1) is 15.8. The van der Waals surface area contributed by atoms with Gasteiger partial charge in [-0.2, -0.15) is 0 Å². The van der Waals surface area contributed by atoms with Crippen LogP contribution in [0.5, 0.6) is 0 Å². The van der Waals surface area contributed by atoms with Gasteiger partial charge in [-0.1, -0.05) is 13.8 Å². The average molecular weight is 484 g/mol. The molecule has 0 aromatic carbocycles. The van der Waals surface area contributed by atoms with Crippen molar-refractivity contribution in [3.8, 4) is 0 Å². The Kier molecular flexibility index (Phi) is 11.1. The Hall–Kier alpha value is -3.52. The van der Waals surface area contributed by atoms with E-state index in [0.717, 1.165) is 0 Å². The third-order valence-corrected chi connectivity index (χ3v) is 4.99. The molecule has 14 heteroatoms. The molecule has 5 unspecified atom stereocenters. The Morgan fingerprint density at radius 3 is 2.12 bits per heavy atom. The first-order valence-electron chi connectivity index (χ1n) is 10.7. The maximum absolute atomic E-state index is 12.9. The fourth-order valence-corrected chi connectivity index (χ4v) is 2.86. The minimum absolute atomic E-state index is 0.105. The Bertz CT molecular complexity index is 857. The van der Waals surface area contributed by atoms with Crippen LogP contribution in [0, 0.1) is 5.92 Å². The summed E-state index contributed by atoms with van der Waals surface area (Å²) in [6.45, 7) is 4.70. The lowest BCUT2D eigenvalue weighted by molar-refractivity contribution is -0.142. The van der Waals surface area contributed by atoms with Crippen molar-refractivity contribution in [1.29, 1.82) is 0 Å². The van der Waals surface area contributed by atoms with Crippen LogP contribution in [-0.2, 0) is 30.4 Å². The quantitative estimate of drug-likeness (QED) is 0.135. The van der Waals surface area contributed by atoms with E-state index in [4.69, 9.17) is 11.5 Å². The second-order valence-electron chi connectivity index (χ2n) is 8.24. The van der Waals surface area contributed by atoms with Gasteiger partial charge in [-0.15, -0.1) is 0 Å². The lowest BCUT2D eigenvalue weighted by Crippen LogP contribution is -2.60. The summed E-state index contributed by atoms with van der Waals surface area (Å²) < 4.78 is 0. The number of nitrogens with two attached hydrogens (primary N) is 2. The largest absolute Gasteiger partial charge is 0.480 e. The minimum atomic E-state index is -1.43. The predicted molar refractivity (Wildman–Crippen MR) is 119 cm³/mol. The molecule has 10 N–H and O–H groups in total. The number of nitrogens with one attached hydrogen (secondary N) is 4. The zero-order valence-corrected chi connectivity index (χ0v) is 19.3. The van der Waals surface area contributed by atoms with E-state index in [1.807, 2.05) is 0 Å². The van der Waals surface area contributed by atoms with Crippen LogP contribution in [0.4, 0.5) is 0 Å². The number of aromatic nitrogens is 2. The summed E-state index contributed by atoms with van der Waals surface area (Å²) in [6.07, 6.45) is 0.795. The van der Waals surface area contributed by atoms with Crippen LogP contribution >= 0.6 is 0 Å².